The molecule has 148 valence electrons. The van der Waals surface area contributed by atoms with Gasteiger partial charge in [0.25, 0.3) is 0 Å². The molecule has 0 aliphatic carbocycles. The van der Waals surface area contributed by atoms with Crippen LogP contribution in [0.4, 0.5) is 23.1 Å². The lowest BCUT2D eigenvalue weighted by atomic mass is 10.2. The quantitative estimate of drug-likeness (QED) is 0.387. The Hall–Kier alpha value is -3.05. The van der Waals surface area contributed by atoms with E-state index in [1.807, 2.05) is 47.1 Å². The summed E-state index contributed by atoms with van der Waals surface area (Å²) in [7, 11) is 0. The molecule has 1 aromatic carbocycles. The Balaban J connectivity index is 1.56. The molecule has 11 heteroatoms. The molecule has 0 spiro atoms. The fraction of sp³-hybridized carbons (Fsp3) is 0.0556. The predicted molar refractivity (Wildman–Crippen MR) is 111 cm³/mol. The molecule has 0 fully saturated rings. The number of para-hydroxylation sites is 1. The van der Waals surface area contributed by atoms with Crippen LogP contribution in [0.15, 0.2) is 61.2 Å². The first-order valence-corrected chi connectivity index (χ1v) is 9.94. The molecule has 0 amide bonds. The molecule has 3 N–H and O–H groups in total. The van der Waals surface area contributed by atoms with Gasteiger partial charge in [-0.2, -0.15) is 4.98 Å². The zero-order chi connectivity index (χ0) is 20.2. The summed E-state index contributed by atoms with van der Waals surface area (Å²) < 4.78 is 25.8. The van der Waals surface area contributed by atoms with Gasteiger partial charge in [0.2, 0.25) is 5.95 Å². The third kappa shape index (κ3) is 4.69. The number of rotatable bonds is 7. The minimum absolute atomic E-state index is 0.136. The third-order valence-corrected chi connectivity index (χ3v) is 4.71. The first kappa shape index (κ1) is 19.3. The monoisotopic (exact) mass is 428 g/mol. The Morgan fingerprint density at radius 1 is 1.14 bits per heavy atom. The Morgan fingerprint density at radius 2 is 2.00 bits per heavy atom. The van der Waals surface area contributed by atoms with E-state index in [-0.39, 0.29) is 6.54 Å². The number of hydrogen-bond donors (Lipinski definition) is 3. The second-order valence-corrected chi connectivity index (χ2v) is 7.13. The lowest BCUT2D eigenvalue weighted by Crippen LogP contribution is -2.16. The maximum absolute atomic E-state index is 10.8. The Morgan fingerprint density at radius 3 is 2.86 bits per heavy atom. The van der Waals surface area contributed by atoms with Crippen LogP contribution in [0.25, 0.3) is 5.65 Å². The van der Waals surface area contributed by atoms with Gasteiger partial charge in [-0.15, -0.1) is 0 Å². The van der Waals surface area contributed by atoms with Crippen molar-refractivity contribution in [2.24, 2.45) is 0 Å². The van der Waals surface area contributed by atoms with E-state index < -0.39 is 11.3 Å². The van der Waals surface area contributed by atoms with Gasteiger partial charge in [-0.25, -0.2) is 14.7 Å². The number of hydrogen-bond acceptors (Lipinski definition) is 7. The van der Waals surface area contributed by atoms with Crippen LogP contribution < -0.4 is 15.4 Å². The molecule has 0 saturated heterocycles. The summed E-state index contributed by atoms with van der Waals surface area (Å²) in [5, 5.41) is 6.59. The van der Waals surface area contributed by atoms with E-state index >= 15 is 0 Å². The fourth-order valence-electron chi connectivity index (χ4n) is 2.69. The fourth-order valence-corrected chi connectivity index (χ4v) is 3.10. The van der Waals surface area contributed by atoms with Crippen LogP contribution in [-0.4, -0.2) is 28.1 Å². The van der Waals surface area contributed by atoms with Gasteiger partial charge in [0, 0.05) is 53.8 Å². The first-order valence-electron chi connectivity index (χ1n) is 8.48. The van der Waals surface area contributed by atoms with Gasteiger partial charge in [0.15, 0.2) is 5.82 Å². The molecule has 1 atom stereocenters. The van der Waals surface area contributed by atoms with Crippen molar-refractivity contribution in [1.29, 1.82) is 0 Å². The lowest BCUT2D eigenvalue weighted by Gasteiger charge is -2.14. The number of imidazole rings is 1. The topological polar surface area (TPSA) is 119 Å². The zero-order valence-electron chi connectivity index (χ0n) is 14.9. The summed E-state index contributed by atoms with van der Waals surface area (Å²) in [6.07, 6.45) is 6.94. The van der Waals surface area contributed by atoms with Crippen molar-refractivity contribution in [3.8, 4) is 0 Å². The van der Waals surface area contributed by atoms with Gasteiger partial charge in [-0.1, -0.05) is 29.8 Å². The van der Waals surface area contributed by atoms with Crippen molar-refractivity contribution >= 4 is 51.7 Å². The predicted octanol–water partition coefficient (Wildman–Crippen LogP) is 3.15. The normalized spacial score (nSPS) is 12.1. The number of anilines is 4. The van der Waals surface area contributed by atoms with Crippen molar-refractivity contribution < 1.29 is 8.76 Å². The molecule has 4 aromatic rings. The molecule has 3 heterocycles. The van der Waals surface area contributed by atoms with E-state index in [9.17, 15) is 8.76 Å². The van der Waals surface area contributed by atoms with E-state index in [1.54, 1.807) is 12.3 Å². The van der Waals surface area contributed by atoms with Crippen molar-refractivity contribution in [1.82, 2.24) is 24.1 Å². The second kappa shape index (κ2) is 8.53. The Bertz CT molecular complexity index is 1180. The minimum atomic E-state index is -2.35. The highest BCUT2D eigenvalue weighted by Gasteiger charge is 2.09. The van der Waals surface area contributed by atoms with E-state index in [4.69, 9.17) is 11.6 Å². The number of pyridine rings is 1. The summed E-state index contributed by atoms with van der Waals surface area (Å²) in [5.41, 5.74) is 2.99. The van der Waals surface area contributed by atoms with Gasteiger partial charge < -0.3 is 19.6 Å². The highest BCUT2D eigenvalue weighted by atomic mass is 35.5. The minimum Gasteiger partial charge on any atom is -0.760 e. The van der Waals surface area contributed by atoms with Gasteiger partial charge in [-0.05, 0) is 17.7 Å². The van der Waals surface area contributed by atoms with Crippen LogP contribution in [0.5, 0.6) is 0 Å². The number of nitrogens with one attached hydrogen (secondary N) is 3. The van der Waals surface area contributed by atoms with Crippen LogP contribution in [0.3, 0.4) is 0 Å². The van der Waals surface area contributed by atoms with Crippen molar-refractivity contribution in [2.75, 3.05) is 10.6 Å². The summed E-state index contributed by atoms with van der Waals surface area (Å²) in [4.78, 5) is 12.9. The SMILES string of the molecule is O=S([O-])NCc1ccccc1Nc1nc(Nc2ccn3ccnc3c2)ncc1Cl. The van der Waals surface area contributed by atoms with E-state index in [1.165, 1.54) is 6.20 Å². The van der Waals surface area contributed by atoms with Crippen molar-refractivity contribution in [2.45, 2.75) is 6.54 Å². The smallest absolute Gasteiger partial charge is 0.229 e. The van der Waals surface area contributed by atoms with Gasteiger partial charge >= 0.3 is 0 Å². The number of aromatic nitrogens is 4. The van der Waals surface area contributed by atoms with Gasteiger partial charge in [0.1, 0.15) is 10.7 Å². The first-order chi connectivity index (χ1) is 14.1. The summed E-state index contributed by atoms with van der Waals surface area (Å²) in [6, 6.07) is 11.0. The molecular formula is C18H15ClN7O2S-. The summed E-state index contributed by atoms with van der Waals surface area (Å²) >= 11 is 3.89. The van der Waals surface area contributed by atoms with Crippen LogP contribution in [0.2, 0.25) is 5.02 Å². The molecule has 9 nitrogen and oxygen atoms in total. The highest BCUT2D eigenvalue weighted by molar-refractivity contribution is 7.77. The summed E-state index contributed by atoms with van der Waals surface area (Å²) in [5.74, 6) is 0.742. The van der Waals surface area contributed by atoms with Crippen molar-refractivity contribution in [3.63, 3.8) is 0 Å². The number of benzene rings is 1. The van der Waals surface area contributed by atoms with Crippen LogP contribution in [0, 0.1) is 0 Å². The standard InChI is InChI=1S/C18H16ClN7O2S/c19-14-11-21-18(23-13-5-7-26-8-6-20-16(26)9-13)25-17(14)24-15-4-2-1-3-12(15)10-22-29(27)28/h1-9,11,22H,10H2,(H,27,28)(H2,21,23,24,25)/p-1. The molecule has 0 bridgehead atoms. The maximum atomic E-state index is 10.8. The largest absolute Gasteiger partial charge is 0.760 e. The zero-order valence-corrected chi connectivity index (χ0v) is 16.4. The molecule has 29 heavy (non-hydrogen) atoms. The van der Waals surface area contributed by atoms with E-state index in [0.29, 0.717) is 22.5 Å². The lowest BCUT2D eigenvalue weighted by molar-refractivity contribution is 0.522. The number of nitrogens with zero attached hydrogens (tertiary/aromatic N) is 4. The molecule has 0 saturated carbocycles. The Labute approximate surface area is 173 Å². The molecule has 3 aromatic heterocycles. The molecule has 1 unspecified atom stereocenters. The molecule has 4 rings (SSSR count). The third-order valence-electron chi connectivity index (χ3n) is 4.05. The average Bonchev–Trinajstić information content (AvgIpc) is 3.17. The van der Waals surface area contributed by atoms with Crippen LogP contribution >= 0.6 is 11.6 Å². The number of halogens is 1. The maximum Gasteiger partial charge on any atom is 0.229 e. The molecular weight excluding hydrogens is 414 g/mol. The van der Waals surface area contributed by atoms with E-state index in [2.05, 4.69) is 30.3 Å². The highest BCUT2D eigenvalue weighted by Crippen LogP contribution is 2.27. The van der Waals surface area contributed by atoms with E-state index in [0.717, 1.165) is 16.9 Å². The molecule has 0 aliphatic rings. The number of fused-ring (bicyclic) bond motifs is 1. The van der Waals surface area contributed by atoms with Gasteiger partial charge in [-0.3, -0.25) is 4.21 Å². The molecule has 0 radical (unpaired) electrons. The Kier molecular flexibility index (Phi) is 5.67. The van der Waals surface area contributed by atoms with Gasteiger partial charge in [0.05, 0.1) is 6.20 Å². The summed E-state index contributed by atoms with van der Waals surface area (Å²) in [6.45, 7) is 0.136. The van der Waals surface area contributed by atoms with Crippen LogP contribution in [-0.2, 0) is 17.8 Å². The van der Waals surface area contributed by atoms with Crippen LogP contribution in [0.1, 0.15) is 5.56 Å². The van der Waals surface area contributed by atoms with Crippen molar-refractivity contribution in [3.05, 3.63) is 71.8 Å². The second-order valence-electron chi connectivity index (χ2n) is 5.96. The average molecular weight is 429 g/mol. The molecule has 0 aliphatic heterocycles.